The molecule has 12 nitrogen and oxygen atoms in total. The van der Waals surface area contributed by atoms with Crippen LogP contribution in [0.5, 0.6) is 0 Å². The second kappa shape index (κ2) is 11.4. The van der Waals surface area contributed by atoms with Gasteiger partial charge in [-0.1, -0.05) is 0 Å². The van der Waals surface area contributed by atoms with E-state index in [0.717, 1.165) is 11.3 Å². The van der Waals surface area contributed by atoms with Gasteiger partial charge in [0.2, 0.25) is 11.9 Å². The normalized spacial score (nSPS) is 16.9. The number of halogens is 1. The highest BCUT2D eigenvalue weighted by molar-refractivity contribution is 5.95. The number of amides is 1. The predicted molar refractivity (Wildman–Crippen MR) is 160 cm³/mol. The van der Waals surface area contributed by atoms with Gasteiger partial charge in [0.05, 0.1) is 36.5 Å². The maximum atomic E-state index is 15.8. The molecule has 0 radical (unpaired) electrons. The molecule has 0 unspecified atom stereocenters. The first-order chi connectivity index (χ1) is 21.0. The number of benzene rings is 1. The summed E-state index contributed by atoms with van der Waals surface area (Å²) in [5.74, 6) is 0.695. The van der Waals surface area contributed by atoms with E-state index >= 15 is 4.39 Å². The molecule has 0 aliphatic carbocycles. The number of morpholine rings is 1. The maximum Gasteiger partial charge on any atom is 0.254 e. The van der Waals surface area contributed by atoms with E-state index < -0.39 is 5.82 Å². The highest BCUT2D eigenvalue weighted by atomic mass is 19.1. The van der Waals surface area contributed by atoms with Gasteiger partial charge in [-0.25, -0.2) is 19.3 Å². The number of hydrogen-bond donors (Lipinski definition) is 1. The van der Waals surface area contributed by atoms with Crippen LogP contribution in [0.4, 0.5) is 33.5 Å². The number of piperazine rings is 1. The van der Waals surface area contributed by atoms with E-state index in [0.29, 0.717) is 99.7 Å². The summed E-state index contributed by atoms with van der Waals surface area (Å²) in [5, 5.41) is 0. The molecule has 2 saturated heterocycles. The zero-order valence-corrected chi connectivity index (χ0v) is 23.6. The zero-order valence-electron chi connectivity index (χ0n) is 23.6. The Hall–Kier alpha value is -4.91. The molecule has 7 rings (SSSR count). The third kappa shape index (κ3) is 5.27. The van der Waals surface area contributed by atoms with Crippen LogP contribution in [0.25, 0.3) is 11.3 Å². The lowest BCUT2D eigenvalue weighted by molar-refractivity contribution is 0.0746. The minimum Gasteiger partial charge on any atom is -0.378 e. The van der Waals surface area contributed by atoms with Crippen molar-refractivity contribution in [3.63, 3.8) is 0 Å². The Morgan fingerprint density at radius 3 is 2.42 bits per heavy atom. The van der Waals surface area contributed by atoms with Gasteiger partial charge in [0.1, 0.15) is 11.6 Å². The van der Waals surface area contributed by atoms with E-state index in [1.165, 1.54) is 6.07 Å². The lowest BCUT2D eigenvalue weighted by atomic mass is 10.1. The summed E-state index contributed by atoms with van der Waals surface area (Å²) in [7, 11) is 0. The van der Waals surface area contributed by atoms with Gasteiger partial charge in [0.15, 0.2) is 0 Å². The maximum absolute atomic E-state index is 15.8. The topological polar surface area (TPSA) is 130 Å². The van der Waals surface area contributed by atoms with Crippen molar-refractivity contribution in [1.29, 1.82) is 0 Å². The van der Waals surface area contributed by atoms with Gasteiger partial charge in [0.25, 0.3) is 5.91 Å². The van der Waals surface area contributed by atoms with Gasteiger partial charge in [-0.05, 0) is 36.8 Å². The molecule has 0 bridgehead atoms. The molecule has 3 aliphatic rings. The van der Waals surface area contributed by atoms with E-state index in [9.17, 15) is 4.79 Å². The SMILES string of the molecule is Nc1ncc(-c2nc(N3CCOCC3)nc3c2CCN3c2ccc(C(=O)N3CCN(c4cccnc4)CC3)cc2F)cn1. The van der Waals surface area contributed by atoms with Crippen LogP contribution < -0.4 is 20.4 Å². The number of nitrogen functional groups attached to an aromatic ring is 1. The molecule has 4 aromatic rings. The molecule has 1 aromatic carbocycles. The first kappa shape index (κ1) is 27.0. The number of hydrogen-bond acceptors (Lipinski definition) is 11. The Balaban J connectivity index is 1.15. The molecule has 43 heavy (non-hydrogen) atoms. The van der Waals surface area contributed by atoms with Crippen LogP contribution in [0.3, 0.4) is 0 Å². The molecule has 2 N–H and O–H groups in total. The first-order valence-electron chi connectivity index (χ1n) is 14.4. The number of fused-ring (bicyclic) bond motifs is 1. The molecule has 6 heterocycles. The van der Waals surface area contributed by atoms with Crippen LogP contribution >= 0.6 is 0 Å². The van der Waals surface area contributed by atoms with Crippen molar-refractivity contribution in [2.75, 3.05) is 79.5 Å². The zero-order chi connectivity index (χ0) is 29.3. The molecule has 3 aromatic heterocycles. The summed E-state index contributed by atoms with van der Waals surface area (Å²) in [4.78, 5) is 43.5. The highest BCUT2D eigenvalue weighted by Gasteiger charge is 2.31. The Labute approximate surface area is 248 Å². The van der Waals surface area contributed by atoms with Gasteiger partial charge in [-0.3, -0.25) is 9.78 Å². The summed E-state index contributed by atoms with van der Waals surface area (Å²) < 4.78 is 21.3. The van der Waals surface area contributed by atoms with E-state index in [2.05, 4.69) is 24.8 Å². The van der Waals surface area contributed by atoms with Crippen molar-refractivity contribution in [3.05, 3.63) is 72.1 Å². The van der Waals surface area contributed by atoms with E-state index in [1.54, 1.807) is 35.6 Å². The molecule has 0 saturated carbocycles. The molecular formula is C30H31FN10O2. The monoisotopic (exact) mass is 582 g/mol. The number of pyridine rings is 1. The standard InChI is InChI=1S/C30H31FN10O2/c31-24-16-20(28(42)39-10-8-38(9-11-39)22-2-1-6-33-19-22)3-4-25(24)41-7-5-23-26(21-17-34-29(32)35-18-21)36-30(37-27(23)41)40-12-14-43-15-13-40/h1-4,6,16-19H,5,7-15H2,(H2,32,34,35). The van der Waals surface area contributed by atoms with Crippen LogP contribution in [-0.2, 0) is 11.2 Å². The minimum atomic E-state index is -0.475. The fourth-order valence-electron chi connectivity index (χ4n) is 5.83. The average molecular weight is 583 g/mol. The number of nitrogens with zero attached hydrogens (tertiary/aromatic N) is 9. The molecule has 1 amide bonds. The summed E-state index contributed by atoms with van der Waals surface area (Å²) in [6, 6.07) is 8.62. The summed E-state index contributed by atoms with van der Waals surface area (Å²) in [6.07, 6.45) is 7.47. The summed E-state index contributed by atoms with van der Waals surface area (Å²) >= 11 is 0. The van der Waals surface area contributed by atoms with E-state index in [4.69, 9.17) is 20.4 Å². The lowest BCUT2D eigenvalue weighted by Gasteiger charge is -2.36. The minimum absolute atomic E-state index is 0.177. The largest absolute Gasteiger partial charge is 0.378 e. The Bertz CT molecular complexity index is 1620. The van der Waals surface area contributed by atoms with Crippen molar-refractivity contribution in [2.45, 2.75) is 6.42 Å². The van der Waals surface area contributed by atoms with Crippen molar-refractivity contribution in [3.8, 4) is 11.3 Å². The molecule has 0 atom stereocenters. The van der Waals surface area contributed by atoms with Crippen molar-refractivity contribution in [1.82, 2.24) is 29.8 Å². The fraction of sp³-hybridized carbons (Fsp3) is 0.333. The van der Waals surface area contributed by atoms with Crippen LogP contribution in [-0.4, -0.2) is 94.8 Å². The summed E-state index contributed by atoms with van der Waals surface area (Å²) in [6.45, 7) is 5.45. The first-order valence-corrected chi connectivity index (χ1v) is 14.4. The quantitative estimate of drug-likeness (QED) is 0.373. The molecule has 13 heteroatoms. The van der Waals surface area contributed by atoms with Crippen LogP contribution in [0, 0.1) is 5.82 Å². The Morgan fingerprint density at radius 2 is 1.70 bits per heavy atom. The lowest BCUT2D eigenvalue weighted by Crippen LogP contribution is -2.48. The van der Waals surface area contributed by atoms with Crippen molar-refractivity contribution < 1.29 is 13.9 Å². The Morgan fingerprint density at radius 1 is 0.907 bits per heavy atom. The van der Waals surface area contributed by atoms with E-state index in [1.807, 2.05) is 23.2 Å². The third-order valence-electron chi connectivity index (χ3n) is 8.12. The number of rotatable bonds is 5. The number of carbonyl (C=O) groups is 1. The van der Waals surface area contributed by atoms with Crippen molar-refractivity contribution >= 4 is 35.0 Å². The third-order valence-corrected chi connectivity index (χ3v) is 8.12. The number of anilines is 5. The predicted octanol–water partition coefficient (Wildman–Crippen LogP) is 2.54. The van der Waals surface area contributed by atoms with Gasteiger partial charge in [0, 0.05) is 81.1 Å². The van der Waals surface area contributed by atoms with Gasteiger partial charge in [-0.15, -0.1) is 0 Å². The highest BCUT2D eigenvalue weighted by Crippen LogP contribution is 2.40. The molecule has 220 valence electrons. The number of aromatic nitrogens is 5. The smallest absolute Gasteiger partial charge is 0.254 e. The molecule has 3 aliphatic heterocycles. The van der Waals surface area contributed by atoms with Gasteiger partial charge < -0.3 is 30.1 Å². The van der Waals surface area contributed by atoms with Crippen LogP contribution in [0.15, 0.2) is 55.1 Å². The van der Waals surface area contributed by atoms with Gasteiger partial charge >= 0.3 is 0 Å². The van der Waals surface area contributed by atoms with Crippen molar-refractivity contribution in [2.24, 2.45) is 0 Å². The molecular weight excluding hydrogens is 551 g/mol. The van der Waals surface area contributed by atoms with E-state index in [-0.39, 0.29) is 11.9 Å². The van der Waals surface area contributed by atoms with Crippen LogP contribution in [0.1, 0.15) is 15.9 Å². The fourth-order valence-corrected chi connectivity index (χ4v) is 5.83. The summed E-state index contributed by atoms with van der Waals surface area (Å²) in [5.41, 5.74) is 9.76. The Kier molecular flexibility index (Phi) is 7.15. The van der Waals surface area contributed by atoms with Gasteiger partial charge in [-0.2, -0.15) is 4.98 Å². The van der Waals surface area contributed by atoms with Crippen LogP contribution in [0.2, 0.25) is 0 Å². The second-order valence-corrected chi connectivity index (χ2v) is 10.7. The molecule has 0 spiro atoms. The second-order valence-electron chi connectivity index (χ2n) is 10.7. The molecule has 2 fully saturated rings. The number of carbonyl (C=O) groups excluding carboxylic acids is 1. The number of ether oxygens (including phenoxy) is 1. The number of nitrogens with two attached hydrogens (primary N) is 1. The average Bonchev–Trinajstić information content (AvgIpc) is 3.49.